The highest BCUT2D eigenvalue weighted by atomic mass is 32.3. The van der Waals surface area contributed by atoms with Crippen molar-refractivity contribution in [2.75, 3.05) is 5.08 Å². The van der Waals surface area contributed by atoms with Gasteiger partial charge in [-0.3, -0.25) is 0 Å². The van der Waals surface area contributed by atoms with Crippen LogP contribution in [-0.2, 0) is 20.2 Å². The molecule has 0 radical (unpaired) electrons. The number of hydrogen-bond acceptors (Lipinski definition) is 6. The summed E-state index contributed by atoms with van der Waals surface area (Å²) in [6.45, 7) is 0. The van der Waals surface area contributed by atoms with Gasteiger partial charge >= 0.3 is 20.2 Å². The van der Waals surface area contributed by atoms with Gasteiger partial charge in [0.25, 0.3) is 0 Å². The summed E-state index contributed by atoms with van der Waals surface area (Å²) in [5.41, 5.74) is 0. The minimum absolute atomic E-state index is 0.382. The van der Waals surface area contributed by atoms with E-state index in [0.29, 0.717) is 36.4 Å². The molecule has 25 heavy (non-hydrogen) atoms. The molecule has 136 valence electrons. The zero-order valence-electron chi connectivity index (χ0n) is 11.9. The Morgan fingerprint density at radius 1 is 0.680 bits per heavy atom. The molecule has 0 aliphatic carbocycles. The van der Waals surface area contributed by atoms with Crippen LogP contribution in [0.15, 0.2) is 36.4 Å². The normalized spacial score (nSPS) is 12.0. The smallest absolute Gasteiger partial charge is 0.327 e. The van der Waals surface area contributed by atoms with Gasteiger partial charge in [0.05, 0.1) is 0 Å². The van der Waals surface area contributed by atoms with Crippen LogP contribution in [0.2, 0.25) is 0 Å². The van der Waals surface area contributed by atoms with Gasteiger partial charge < -0.3 is 8.37 Å². The third-order valence-electron chi connectivity index (χ3n) is 2.51. The molecule has 0 spiro atoms. The van der Waals surface area contributed by atoms with Crippen molar-refractivity contribution in [2.24, 2.45) is 0 Å². The van der Waals surface area contributed by atoms with Gasteiger partial charge in [0.1, 0.15) is 11.6 Å². The van der Waals surface area contributed by atoms with Crippen LogP contribution in [0.25, 0.3) is 0 Å². The van der Waals surface area contributed by atoms with Crippen LogP contribution in [-0.4, -0.2) is 21.9 Å². The molecule has 2 rings (SSSR count). The van der Waals surface area contributed by atoms with Crippen LogP contribution in [0.3, 0.4) is 0 Å². The molecule has 0 amide bonds. The zero-order valence-corrected chi connectivity index (χ0v) is 13.6. The fourth-order valence-electron chi connectivity index (χ4n) is 1.58. The molecule has 0 unspecified atom stereocenters. The predicted octanol–water partition coefficient (Wildman–Crippen LogP) is 2.32. The fourth-order valence-corrected chi connectivity index (χ4v) is 4.18. The third kappa shape index (κ3) is 5.32. The molecule has 0 aromatic heterocycles. The third-order valence-corrected chi connectivity index (χ3v) is 5.69. The van der Waals surface area contributed by atoms with Crippen molar-refractivity contribution < 1.29 is 42.8 Å². The summed E-state index contributed by atoms with van der Waals surface area (Å²) in [5.74, 6) is -6.75. The quantitative estimate of drug-likeness (QED) is 0.546. The summed E-state index contributed by atoms with van der Waals surface area (Å²) in [7, 11) is -10.0. The van der Waals surface area contributed by atoms with Crippen molar-refractivity contribution >= 4 is 20.2 Å². The van der Waals surface area contributed by atoms with Gasteiger partial charge in [0, 0.05) is 12.1 Å². The maximum atomic E-state index is 13.3. The van der Waals surface area contributed by atoms with Gasteiger partial charge in [-0.05, 0) is 24.3 Å². The van der Waals surface area contributed by atoms with Crippen LogP contribution in [0, 0.1) is 23.3 Å². The molecule has 0 bridgehead atoms. The lowest BCUT2D eigenvalue weighted by molar-refractivity contribution is 0.448. The highest BCUT2D eigenvalue weighted by Crippen LogP contribution is 2.23. The highest BCUT2D eigenvalue weighted by molar-refractivity contribution is 8.04. The first-order chi connectivity index (χ1) is 11.5. The van der Waals surface area contributed by atoms with Gasteiger partial charge in [-0.2, -0.15) is 16.8 Å². The Bertz CT molecular complexity index is 924. The molecule has 0 fully saturated rings. The van der Waals surface area contributed by atoms with Crippen LogP contribution in [0.1, 0.15) is 0 Å². The van der Waals surface area contributed by atoms with Crippen molar-refractivity contribution in [3.05, 3.63) is 59.7 Å². The van der Waals surface area contributed by atoms with E-state index >= 15 is 0 Å². The van der Waals surface area contributed by atoms with Gasteiger partial charge in [0.2, 0.25) is 5.08 Å². The van der Waals surface area contributed by atoms with Crippen molar-refractivity contribution in [3.63, 3.8) is 0 Å². The van der Waals surface area contributed by atoms with Gasteiger partial charge in [-0.15, -0.1) is 0 Å². The Morgan fingerprint density at radius 2 is 1.04 bits per heavy atom. The first kappa shape index (κ1) is 19.0. The second kappa shape index (κ2) is 6.88. The maximum Gasteiger partial charge on any atom is 0.327 e. The molecule has 12 heteroatoms. The van der Waals surface area contributed by atoms with E-state index in [-0.39, 0.29) is 0 Å². The molecule has 6 nitrogen and oxygen atoms in total. The molecule has 0 aliphatic heterocycles. The van der Waals surface area contributed by atoms with E-state index < -0.39 is 60.1 Å². The average molecular weight is 400 g/mol. The molecule has 2 aromatic rings. The number of hydrogen-bond donors (Lipinski definition) is 0. The van der Waals surface area contributed by atoms with Crippen LogP contribution in [0.5, 0.6) is 11.5 Å². The first-order valence-electron chi connectivity index (χ1n) is 6.22. The lowest BCUT2D eigenvalue weighted by Gasteiger charge is -2.10. The lowest BCUT2D eigenvalue weighted by Crippen LogP contribution is -2.25. The van der Waals surface area contributed by atoms with Crippen LogP contribution >= 0.6 is 0 Å². The average Bonchev–Trinajstić information content (AvgIpc) is 2.45. The van der Waals surface area contributed by atoms with E-state index in [2.05, 4.69) is 8.37 Å². The molecule has 2 aromatic carbocycles. The molecule has 0 heterocycles. The second-order valence-corrected chi connectivity index (χ2v) is 8.06. The maximum absolute atomic E-state index is 13.3. The first-order valence-corrected chi connectivity index (χ1v) is 9.37. The number of benzene rings is 2. The molecular weight excluding hydrogens is 392 g/mol. The Morgan fingerprint density at radius 3 is 1.40 bits per heavy atom. The molecular formula is C13H8F4O6S2. The fraction of sp³-hybridized carbons (Fsp3) is 0.0769. The second-order valence-electron chi connectivity index (χ2n) is 4.55. The number of halogens is 4. The summed E-state index contributed by atoms with van der Waals surface area (Å²) in [4.78, 5) is 0. The standard InChI is InChI=1S/C13H8F4O6S2/c14-8-1-3-10(16)12(5-8)22-24(18,19)7-25(20,21)23-13-6-9(15)2-4-11(13)17/h1-6H,7H2. The summed E-state index contributed by atoms with van der Waals surface area (Å²) in [6, 6.07) is 3.25. The summed E-state index contributed by atoms with van der Waals surface area (Å²) >= 11 is 0. The van der Waals surface area contributed by atoms with Gasteiger partial charge in [-0.1, -0.05) is 0 Å². The SMILES string of the molecule is O=S(=O)(CS(=O)(=O)Oc1cc(F)ccc1F)Oc1cc(F)ccc1F. The van der Waals surface area contributed by atoms with E-state index in [4.69, 9.17) is 0 Å². The van der Waals surface area contributed by atoms with E-state index in [9.17, 15) is 34.4 Å². The summed E-state index contributed by atoms with van der Waals surface area (Å²) in [5, 5.41) is -1.86. The number of rotatable bonds is 6. The molecule has 0 atom stereocenters. The lowest BCUT2D eigenvalue weighted by atomic mass is 10.3. The summed E-state index contributed by atoms with van der Waals surface area (Å²) in [6.07, 6.45) is 0. The van der Waals surface area contributed by atoms with Gasteiger partial charge in [0.15, 0.2) is 23.1 Å². The Labute approximate surface area is 139 Å². The van der Waals surface area contributed by atoms with Crippen molar-refractivity contribution in [1.29, 1.82) is 0 Å². The van der Waals surface area contributed by atoms with Crippen LogP contribution in [0.4, 0.5) is 17.6 Å². The van der Waals surface area contributed by atoms with Gasteiger partial charge in [-0.25, -0.2) is 17.6 Å². The molecule has 0 saturated heterocycles. The summed E-state index contributed by atoms with van der Waals surface area (Å²) < 4.78 is 108. The largest absolute Gasteiger partial charge is 0.378 e. The topological polar surface area (TPSA) is 86.7 Å². The van der Waals surface area contributed by atoms with Crippen molar-refractivity contribution in [2.45, 2.75) is 0 Å². The monoisotopic (exact) mass is 400 g/mol. The zero-order chi connectivity index (χ0) is 18.8. The van der Waals surface area contributed by atoms with E-state index in [0.717, 1.165) is 0 Å². The highest BCUT2D eigenvalue weighted by Gasteiger charge is 2.28. The van der Waals surface area contributed by atoms with E-state index in [1.54, 1.807) is 0 Å². The van der Waals surface area contributed by atoms with Crippen molar-refractivity contribution in [1.82, 2.24) is 0 Å². The van der Waals surface area contributed by atoms with E-state index in [1.807, 2.05) is 0 Å². The molecule has 0 aliphatic rings. The minimum Gasteiger partial charge on any atom is -0.378 e. The van der Waals surface area contributed by atoms with Crippen LogP contribution < -0.4 is 8.37 Å². The van der Waals surface area contributed by atoms with E-state index in [1.165, 1.54) is 0 Å². The predicted molar refractivity (Wildman–Crippen MR) is 76.7 cm³/mol. The Hall–Kier alpha value is -2.34. The molecule has 0 N–H and O–H groups in total. The Balaban J connectivity index is 2.21. The van der Waals surface area contributed by atoms with Crippen molar-refractivity contribution in [3.8, 4) is 11.5 Å². The Kier molecular flexibility index (Phi) is 5.23. The minimum atomic E-state index is -5.01. The molecule has 0 saturated carbocycles.